The number of ether oxygens (including phenoxy) is 2. The van der Waals surface area contributed by atoms with Gasteiger partial charge < -0.3 is 14.8 Å². The second-order valence-corrected chi connectivity index (χ2v) is 3.36. The molecule has 3 atom stereocenters. The Bertz CT molecular complexity index is 195. The lowest BCUT2D eigenvalue weighted by Gasteiger charge is -2.17. The number of carbonyl (C=O) groups excluding carboxylic acids is 1. The molecule has 2 fully saturated rings. The van der Waals surface area contributed by atoms with Gasteiger partial charge in [0.2, 0.25) is 0 Å². The number of nitrogens with one attached hydrogen (secondary N) is 1. The molecule has 0 unspecified atom stereocenters. The summed E-state index contributed by atoms with van der Waals surface area (Å²) in [6.07, 6.45) is 0.884. The van der Waals surface area contributed by atoms with Crippen molar-refractivity contribution in [3.63, 3.8) is 0 Å². The van der Waals surface area contributed by atoms with E-state index >= 15 is 0 Å². The van der Waals surface area contributed by atoms with Gasteiger partial charge in [0.1, 0.15) is 0 Å². The van der Waals surface area contributed by atoms with Crippen LogP contribution in [0.2, 0.25) is 0 Å². The fourth-order valence-corrected chi connectivity index (χ4v) is 1.95. The lowest BCUT2D eigenvalue weighted by molar-refractivity contribution is -0.154. The van der Waals surface area contributed by atoms with Crippen molar-refractivity contribution >= 4 is 5.97 Å². The summed E-state index contributed by atoms with van der Waals surface area (Å²) in [5.74, 6) is 0.0856. The van der Waals surface area contributed by atoms with E-state index in [4.69, 9.17) is 4.74 Å². The third-order valence-electron chi connectivity index (χ3n) is 2.54. The van der Waals surface area contributed by atoms with Crippen molar-refractivity contribution in [1.29, 1.82) is 0 Å². The molecule has 0 aromatic rings. The summed E-state index contributed by atoms with van der Waals surface area (Å²) in [4.78, 5) is 11.2. The highest BCUT2D eigenvalue weighted by molar-refractivity contribution is 5.75. The molecule has 0 aromatic heterocycles. The SMILES string of the molecule is COC(=O)[C@@H]1O[C@@H]2CNC[C@H]1C2. The molecule has 2 aliphatic heterocycles. The van der Waals surface area contributed by atoms with Gasteiger partial charge in [-0.15, -0.1) is 0 Å². The van der Waals surface area contributed by atoms with Crippen LogP contribution >= 0.6 is 0 Å². The van der Waals surface area contributed by atoms with Gasteiger partial charge in [0.25, 0.3) is 0 Å². The Balaban J connectivity index is 2.04. The number of carbonyl (C=O) groups is 1. The predicted octanol–water partition coefficient (Wildman–Crippen LogP) is -0.464. The molecule has 2 bridgehead atoms. The molecule has 2 saturated heterocycles. The van der Waals surface area contributed by atoms with Crippen LogP contribution in [0.4, 0.5) is 0 Å². The van der Waals surface area contributed by atoms with E-state index in [0.29, 0.717) is 5.92 Å². The molecule has 0 saturated carbocycles. The number of hydrogen-bond donors (Lipinski definition) is 1. The van der Waals surface area contributed by atoms with Crippen LogP contribution in [-0.2, 0) is 14.3 Å². The minimum atomic E-state index is -0.324. The first-order chi connectivity index (χ1) is 5.81. The maximum absolute atomic E-state index is 11.2. The van der Waals surface area contributed by atoms with Crippen LogP contribution in [0.3, 0.4) is 0 Å². The maximum atomic E-state index is 11.2. The molecule has 1 N–H and O–H groups in total. The number of methoxy groups -OCH3 is 1. The van der Waals surface area contributed by atoms with Crippen molar-refractivity contribution < 1.29 is 14.3 Å². The predicted molar refractivity (Wildman–Crippen MR) is 41.7 cm³/mol. The van der Waals surface area contributed by atoms with Crippen LogP contribution in [0.5, 0.6) is 0 Å². The molecule has 0 amide bonds. The minimum absolute atomic E-state index is 0.216. The number of esters is 1. The Morgan fingerprint density at radius 3 is 3.08 bits per heavy atom. The Morgan fingerprint density at radius 2 is 2.42 bits per heavy atom. The van der Waals surface area contributed by atoms with Crippen LogP contribution in [0.1, 0.15) is 6.42 Å². The van der Waals surface area contributed by atoms with Crippen LogP contribution < -0.4 is 5.32 Å². The normalized spacial score (nSPS) is 39.6. The molecule has 0 spiro atoms. The molecular weight excluding hydrogens is 158 g/mol. The van der Waals surface area contributed by atoms with Crippen LogP contribution in [0, 0.1) is 5.92 Å². The second-order valence-electron chi connectivity index (χ2n) is 3.36. The van der Waals surface area contributed by atoms with E-state index in [-0.39, 0.29) is 18.2 Å². The standard InChI is InChI=1S/C8H13NO3/c1-11-8(10)7-5-2-6(12-7)4-9-3-5/h5-7,9H,2-4H2,1H3/t5-,6+,7-/m1/s1. The number of fused-ring (bicyclic) bond motifs is 2. The first-order valence-corrected chi connectivity index (χ1v) is 4.25. The highest BCUT2D eigenvalue weighted by Gasteiger charge is 2.42. The quantitative estimate of drug-likeness (QED) is 0.542. The first kappa shape index (κ1) is 8.01. The van der Waals surface area contributed by atoms with E-state index in [1.165, 1.54) is 7.11 Å². The van der Waals surface area contributed by atoms with E-state index in [1.807, 2.05) is 0 Å². The Labute approximate surface area is 71.2 Å². The Hall–Kier alpha value is -0.610. The zero-order chi connectivity index (χ0) is 8.55. The zero-order valence-corrected chi connectivity index (χ0v) is 7.08. The molecular formula is C8H13NO3. The fourth-order valence-electron chi connectivity index (χ4n) is 1.95. The molecule has 0 aromatic carbocycles. The summed E-state index contributed by atoms with van der Waals surface area (Å²) < 4.78 is 10.2. The smallest absolute Gasteiger partial charge is 0.335 e. The maximum Gasteiger partial charge on any atom is 0.335 e. The largest absolute Gasteiger partial charge is 0.467 e. The van der Waals surface area contributed by atoms with Gasteiger partial charge in [0.05, 0.1) is 13.2 Å². The van der Waals surface area contributed by atoms with Crippen molar-refractivity contribution in [3.8, 4) is 0 Å². The Morgan fingerprint density at radius 1 is 1.58 bits per heavy atom. The molecule has 68 valence electrons. The van der Waals surface area contributed by atoms with Crippen molar-refractivity contribution in [2.45, 2.75) is 18.6 Å². The molecule has 2 rings (SSSR count). The minimum Gasteiger partial charge on any atom is -0.467 e. The number of piperidine rings is 1. The van der Waals surface area contributed by atoms with E-state index in [9.17, 15) is 4.79 Å². The Kier molecular flexibility index (Phi) is 2.02. The summed E-state index contributed by atoms with van der Waals surface area (Å²) >= 11 is 0. The second kappa shape index (κ2) is 3.03. The lowest BCUT2D eigenvalue weighted by Crippen LogP contribution is -2.36. The topological polar surface area (TPSA) is 47.6 Å². The van der Waals surface area contributed by atoms with Gasteiger partial charge in [-0.05, 0) is 6.42 Å². The fraction of sp³-hybridized carbons (Fsp3) is 0.875. The summed E-state index contributed by atoms with van der Waals surface area (Å²) in [6, 6.07) is 0. The van der Waals surface area contributed by atoms with Crippen LogP contribution in [-0.4, -0.2) is 38.4 Å². The molecule has 4 heteroatoms. The summed E-state index contributed by atoms with van der Waals surface area (Å²) in [5.41, 5.74) is 0. The van der Waals surface area contributed by atoms with Crippen LogP contribution in [0.25, 0.3) is 0 Å². The van der Waals surface area contributed by atoms with Gasteiger partial charge in [-0.25, -0.2) is 4.79 Å². The van der Waals surface area contributed by atoms with Crippen molar-refractivity contribution in [3.05, 3.63) is 0 Å². The van der Waals surface area contributed by atoms with Gasteiger partial charge in [0.15, 0.2) is 6.10 Å². The van der Waals surface area contributed by atoms with Crippen LogP contribution in [0.15, 0.2) is 0 Å². The van der Waals surface area contributed by atoms with Crippen molar-refractivity contribution in [2.75, 3.05) is 20.2 Å². The third-order valence-corrected chi connectivity index (χ3v) is 2.54. The molecule has 2 heterocycles. The molecule has 0 aliphatic carbocycles. The average molecular weight is 171 g/mol. The summed E-state index contributed by atoms with van der Waals surface area (Å²) in [7, 11) is 1.40. The number of rotatable bonds is 1. The van der Waals surface area contributed by atoms with Crippen molar-refractivity contribution in [2.24, 2.45) is 5.92 Å². The van der Waals surface area contributed by atoms with E-state index in [0.717, 1.165) is 19.5 Å². The lowest BCUT2D eigenvalue weighted by atomic mass is 9.96. The molecule has 4 nitrogen and oxygen atoms in total. The highest BCUT2D eigenvalue weighted by Crippen LogP contribution is 2.29. The van der Waals surface area contributed by atoms with E-state index in [1.54, 1.807) is 0 Å². The third kappa shape index (κ3) is 1.21. The van der Waals surface area contributed by atoms with E-state index < -0.39 is 0 Å². The van der Waals surface area contributed by atoms with Gasteiger partial charge in [-0.2, -0.15) is 0 Å². The zero-order valence-electron chi connectivity index (χ0n) is 7.08. The summed E-state index contributed by atoms with van der Waals surface area (Å²) in [6.45, 7) is 1.74. The monoisotopic (exact) mass is 171 g/mol. The highest BCUT2D eigenvalue weighted by atomic mass is 16.6. The van der Waals surface area contributed by atoms with Crippen molar-refractivity contribution in [1.82, 2.24) is 5.32 Å². The molecule has 2 aliphatic rings. The van der Waals surface area contributed by atoms with Gasteiger partial charge in [-0.3, -0.25) is 0 Å². The summed E-state index contributed by atoms with van der Waals surface area (Å²) in [5, 5.41) is 3.22. The van der Waals surface area contributed by atoms with Gasteiger partial charge in [-0.1, -0.05) is 0 Å². The first-order valence-electron chi connectivity index (χ1n) is 4.25. The van der Waals surface area contributed by atoms with Gasteiger partial charge in [0, 0.05) is 19.0 Å². The average Bonchev–Trinajstić information content (AvgIpc) is 2.40. The molecule has 0 radical (unpaired) electrons. The van der Waals surface area contributed by atoms with Gasteiger partial charge >= 0.3 is 5.97 Å². The number of hydrogen-bond acceptors (Lipinski definition) is 4. The van der Waals surface area contributed by atoms with E-state index in [2.05, 4.69) is 10.1 Å². The molecule has 12 heavy (non-hydrogen) atoms.